The van der Waals surface area contributed by atoms with Crippen molar-refractivity contribution < 1.29 is 8.42 Å². The predicted molar refractivity (Wildman–Crippen MR) is 91.7 cm³/mol. The second-order valence-electron chi connectivity index (χ2n) is 5.81. The summed E-state index contributed by atoms with van der Waals surface area (Å²) >= 11 is 1.39. The Morgan fingerprint density at radius 2 is 2.26 bits per heavy atom. The number of rotatable bonds is 5. The van der Waals surface area contributed by atoms with E-state index in [0.717, 1.165) is 30.8 Å². The van der Waals surface area contributed by atoms with E-state index < -0.39 is 9.84 Å². The Morgan fingerprint density at radius 1 is 1.43 bits per heavy atom. The molecule has 0 saturated carbocycles. The van der Waals surface area contributed by atoms with Crippen molar-refractivity contribution in [3.05, 3.63) is 34.4 Å². The van der Waals surface area contributed by atoms with E-state index in [1.165, 1.54) is 11.3 Å². The monoisotopic (exact) mass is 352 g/mol. The minimum atomic E-state index is -3.47. The summed E-state index contributed by atoms with van der Waals surface area (Å²) in [7, 11) is -1.43. The van der Waals surface area contributed by atoms with Crippen LogP contribution < -0.4 is 10.2 Å². The summed E-state index contributed by atoms with van der Waals surface area (Å²) in [5, 5.41) is 5.20. The van der Waals surface area contributed by atoms with Crippen LogP contribution in [0.4, 0.5) is 5.69 Å². The normalized spacial score (nSPS) is 18.3. The summed E-state index contributed by atoms with van der Waals surface area (Å²) < 4.78 is 24.9. The van der Waals surface area contributed by atoms with Gasteiger partial charge in [0.1, 0.15) is 0 Å². The Labute approximate surface area is 140 Å². The zero-order chi connectivity index (χ0) is 16.4. The van der Waals surface area contributed by atoms with Gasteiger partial charge in [0.25, 0.3) is 0 Å². The standard InChI is InChI=1S/C15H20N4O2S2/c1-11-5-15(23(20,21)9-12-8-22-10-18-12)17-7-14(11)19(2)13-3-4-16-6-13/h5,7-8,10,13,16H,3-4,6,9H2,1-2H3/t13-/m0/s1. The fourth-order valence-electron chi connectivity index (χ4n) is 2.81. The van der Waals surface area contributed by atoms with Crippen molar-refractivity contribution in [1.29, 1.82) is 0 Å². The minimum Gasteiger partial charge on any atom is -0.369 e. The van der Waals surface area contributed by atoms with Gasteiger partial charge in [-0.15, -0.1) is 11.3 Å². The molecule has 1 aliphatic heterocycles. The molecular weight excluding hydrogens is 332 g/mol. The van der Waals surface area contributed by atoms with E-state index in [1.807, 2.05) is 14.0 Å². The van der Waals surface area contributed by atoms with Crippen LogP contribution in [0.1, 0.15) is 17.7 Å². The van der Waals surface area contributed by atoms with Crippen LogP contribution >= 0.6 is 11.3 Å². The number of pyridine rings is 1. The summed E-state index contributed by atoms with van der Waals surface area (Å²) in [6.45, 7) is 3.89. The average molecular weight is 352 g/mol. The van der Waals surface area contributed by atoms with Crippen molar-refractivity contribution in [2.45, 2.75) is 30.2 Å². The number of hydrogen-bond acceptors (Lipinski definition) is 7. The number of sulfone groups is 1. The van der Waals surface area contributed by atoms with E-state index in [9.17, 15) is 8.42 Å². The van der Waals surface area contributed by atoms with Gasteiger partial charge in [-0.3, -0.25) is 0 Å². The Morgan fingerprint density at radius 3 is 2.87 bits per heavy atom. The molecule has 2 aromatic rings. The molecule has 3 heterocycles. The first-order valence-electron chi connectivity index (χ1n) is 7.47. The van der Waals surface area contributed by atoms with Gasteiger partial charge in [-0.2, -0.15) is 0 Å². The predicted octanol–water partition coefficient (Wildman–Crippen LogP) is 1.62. The van der Waals surface area contributed by atoms with Gasteiger partial charge in [0.05, 0.1) is 28.8 Å². The first-order valence-corrected chi connectivity index (χ1v) is 10.1. The third-order valence-corrected chi connectivity index (χ3v) is 6.33. The van der Waals surface area contributed by atoms with Crippen LogP contribution in [0.15, 0.2) is 28.2 Å². The number of nitrogens with one attached hydrogen (secondary N) is 1. The summed E-state index contributed by atoms with van der Waals surface area (Å²) in [4.78, 5) is 10.4. The van der Waals surface area contributed by atoms with Gasteiger partial charge in [-0.1, -0.05) is 0 Å². The average Bonchev–Trinajstić information content (AvgIpc) is 3.19. The molecular formula is C15H20N4O2S2. The summed E-state index contributed by atoms with van der Waals surface area (Å²) in [6.07, 6.45) is 2.75. The molecule has 8 heteroatoms. The third-order valence-electron chi connectivity index (χ3n) is 4.16. The topological polar surface area (TPSA) is 75.2 Å². The maximum atomic E-state index is 12.5. The Balaban J connectivity index is 1.83. The van der Waals surface area contributed by atoms with Crippen molar-refractivity contribution in [2.24, 2.45) is 0 Å². The second-order valence-corrected chi connectivity index (χ2v) is 8.46. The zero-order valence-electron chi connectivity index (χ0n) is 13.2. The van der Waals surface area contributed by atoms with Crippen molar-refractivity contribution in [1.82, 2.24) is 15.3 Å². The lowest BCUT2D eigenvalue weighted by Gasteiger charge is -2.27. The molecule has 2 aromatic heterocycles. The number of likely N-dealkylation sites (N-methyl/N-ethyl adjacent to an activating group) is 1. The lowest BCUT2D eigenvalue weighted by molar-refractivity contribution is 0.590. The van der Waals surface area contributed by atoms with E-state index in [-0.39, 0.29) is 10.8 Å². The lowest BCUT2D eigenvalue weighted by atomic mass is 10.2. The molecule has 0 spiro atoms. The minimum absolute atomic E-state index is 0.106. The van der Waals surface area contributed by atoms with Crippen molar-refractivity contribution >= 4 is 26.9 Å². The molecule has 1 saturated heterocycles. The second kappa shape index (κ2) is 6.54. The SMILES string of the molecule is Cc1cc(S(=O)(=O)Cc2cscn2)ncc1N(C)[C@H]1CCNC1. The maximum absolute atomic E-state index is 12.5. The fraction of sp³-hybridized carbons (Fsp3) is 0.467. The quantitative estimate of drug-likeness (QED) is 0.881. The molecule has 0 unspecified atom stereocenters. The van der Waals surface area contributed by atoms with Gasteiger partial charge < -0.3 is 10.2 Å². The Hall–Kier alpha value is -1.51. The maximum Gasteiger partial charge on any atom is 0.201 e. The number of aromatic nitrogens is 2. The Kier molecular flexibility index (Phi) is 4.65. The van der Waals surface area contributed by atoms with E-state index in [2.05, 4.69) is 20.2 Å². The van der Waals surface area contributed by atoms with Crippen LogP contribution in [0.25, 0.3) is 0 Å². The van der Waals surface area contributed by atoms with Gasteiger partial charge in [0.15, 0.2) is 5.03 Å². The number of hydrogen-bond donors (Lipinski definition) is 1. The fourth-order valence-corrected chi connectivity index (χ4v) is 4.74. The van der Waals surface area contributed by atoms with E-state index in [0.29, 0.717) is 11.7 Å². The van der Waals surface area contributed by atoms with E-state index in [1.54, 1.807) is 23.2 Å². The van der Waals surface area contributed by atoms with Crippen LogP contribution in [-0.4, -0.2) is 44.6 Å². The van der Waals surface area contributed by atoms with Crippen molar-refractivity contribution in [3.8, 4) is 0 Å². The molecule has 0 bridgehead atoms. The highest BCUT2D eigenvalue weighted by atomic mass is 32.2. The van der Waals surface area contributed by atoms with Crippen LogP contribution in [0.2, 0.25) is 0 Å². The van der Waals surface area contributed by atoms with Crippen molar-refractivity contribution in [2.75, 3.05) is 25.0 Å². The molecule has 23 heavy (non-hydrogen) atoms. The molecule has 124 valence electrons. The number of anilines is 1. The highest BCUT2D eigenvalue weighted by Crippen LogP contribution is 2.25. The first kappa shape index (κ1) is 16.4. The molecule has 6 nitrogen and oxygen atoms in total. The van der Waals surface area contributed by atoms with E-state index >= 15 is 0 Å². The van der Waals surface area contributed by atoms with Gasteiger partial charge in [-0.05, 0) is 31.5 Å². The van der Waals surface area contributed by atoms with Crippen LogP contribution in [0.3, 0.4) is 0 Å². The Bertz CT molecular complexity index is 769. The van der Waals surface area contributed by atoms with Gasteiger partial charge >= 0.3 is 0 Å². The zero-order valence-corrected chi connectivity index (χ0v) is 14.8. The van der Waals surface area contributed by atoms with Crippen LogP contribution in [0, 0.1) is 6.92 Å². The molecule has 0 radical (unpaired) electrons. The van der Waals surface area contributed by atoms with Crippen molar-refractivity contribution in [3.63, 3.8) is 0 Å². The largest absolute Gasteiger partial charge is 0.369 e. The molecule has 3 rings (SSSR count). The van der Waals surface area contributed by atoms with E-state index in [4.69, 9.17) is 0 Å². The van der Waals surface area contributed by atoms with Crippen LogP contribution in [0.5, 0.6) is 0 Å². The van der Waals surface area contributed by atoms with Crippen LogP contribution in [-0.2, 0) is 15.6 Å². The molecule has 1 fully saturated rings. The molecule has 1 atom stereocenters. The number of nitrogens with zero attached hydrogens (tertiary/aromatic N) is 3. The summed E-state index contributed by atoms with van der Waals surface area (Å²) in [6, 6.07) is 2.09. The smallest absolute Gasteiger partial charge is 0.201 e. The lowest BCUT2D eigenvalue weighted by Crippen LogP contribution is -2.33. The molecule has 1 aliphatic rings. The highest BCUT2D eigenvalue weighted by Gasteiger charge is 2.23. The summed E-state index contributed by atoms with van der Waals surface area (Å²) in [5.41, 5.74) is 4.10. The summed E-state index contributed by atoms with van der Waals surface area (Å²) in [5.74, 6) is -0.106. The molecule has 0 amide bonds. The highest BCUT2D eigenvalue weighted by molar-refractivity contribution is 7.90. The van der Waals surface area contributed by atoms with Gasteiger partial charge in [-0.25, -0.2) is 18.4 Å². The number of thiazole rings is 1. The third kappa shape index (κ3) is 3.54. The molecule has 0 aliphatic carbocycles. The first-order chi connectivity index (χ1) is 11.0. The van der Waals surface area contributed by atoms with Gasteiger partial charge in [0, 0.05) is 25.0 Å². The van der Waals surface area contributed by atoms with Gasteiger partial charge in [0.2, 0.25) is 9.84 Å². The molecule has 1 N–H and O–H groups in total. The number of aryl methyl sites for hydroxylation is 1. The molecule has 0 aromatic carbocycles.